The molecule has 0 saturated carbocycles. The maximum absolute atomic E-state index is 5.89. The smallest absolute Gasteiger partial charge is 0.122 e. The number of rotatable bonds is 7. The third kappa shape index (κ3) is 4.22. The van der Waals surface area contributed by atoms with E-state index >= 15 is 0 Å². The Balaban J connectivity index is 1.91. The predicted molar refractivity (Wildman–Crippen MR) is 82.4 cm³/mol. The number of hydrogen-bond donors (Lipinski definition) is 1. The second-order valence-corrected chi connectivity index (χ2v) is 5.65. The Morgan fingerprint density at radius 2 is 2.30 bits per heavy atom. The van der Waals surface area contributed by atoms with Gasteiger partial charge in [-0.25, -0.2) is 0 Å². The van der Waals surface area contributed by atoms with Crippen LogP contribution in [-0.2, 0) is 4.74 Å². The topological polar surface area (TPSA) is 30.5 Å². The Hall–Kier alpha value is -1.06. The van der Waals surface area contributed by atoms with Crippen molar-refractivity contribution in [2.45, 2.75) is 52.2 Å². The van der Waals surface area contributed by atoms with Gasteiger partial charge in [-0.2, -0.15) is 0 Å². The van der Waals surface area contributed by atoms with Gasteiger partial charge in [0.2, 0.25) is 0 Å². The van der Waals surface area contributed by atoms with Gasteiger partial charge in [-0.05, 0) is 56.8 Å². The van der Waals surface area contributed by atoms with Crippen LogP contribution >= 0.6 is 0 Å². The summed E-state index contributed by atoms with van der Waals surface area (Å²) in [5.41, 5.74) is 2.52. The summed E-state index contributed by atoms with van der Waals surface area (Å²) >= 11 is 0. The molecular formula is C17H27NO2. The van der Waals surface area contributed by atoms with Crippen LogP contribution in [0.4, 0.5) is 0 Å². The SMILES string of the molecule is CCCNC(C)c1ccc(OCC2CCCO2)c(C)c1. The van der Waals surface area contributed by atoms with Crippen LogP contribution in [0, 0.1) is 6.92 Å². The average Bonchev–Trinajstić information content (AvgIpc) is 2.96. The van der Waals surface area contributed by atoms with Crippen LogP contribution in [0.3, 0.4) is 0 Å². The fourth-order valence-corrected chi connectivity index (χ4v) is 2.54. The molecule has 112 valence electrons. The first-order valence-electron chi connectivity index (χ1n) is 7.79. The first-order chi connectivity index (χ1) is 9.70. The van der Waals surface area contributed by atoms with Gasteiger partial charge in [0.05, 0.1) is 6.10 Å². The molecule has 0 amide bonds. The summed E-state index contributed by atoms with van der Waals surface area (Å²) < 4.78 is 11.5. The zero-order valence-electron chi connectivity index (χ0n) is 12.9. The molecule has 0 aliphatic carbocycles. The number of ether oxygens (including phenoxy) is 2. The van der Waals surface area contributed by atoms with Gasteiger partial charge in [-0.3, -0.25) is 0 Å². The Morgan fingerprint density at radius 1 is 1.45 bits per heavy atom. The molecule has 1 N–H and O–H groups in total. The lowest BCUT2D eigenvalue weighted by molar-refractivity contribution is 0.0677. The Morgan fingerprint density at radius 3 is 2.95 bits per heavy atom. The number of nitrogens with one attached hydrogen (secondary N) is 1. The van der Waals surface area contributed by atoms with Gasteiger partial charge in [-0.1, -0.05) is 19.1 Å². The lowest BCUT2D eigenvalue weighted by atomic mass is 10.0. The second kappa shape index (κ2) is 7.65. The van der Waals surface area contributed by atoms with Gasteiger partial charge < -0.3 is 14.8 Å². The highest BCUT2D eigenvalue weighted by molar-refractivity contribution is 5.37. The summed E-state index contributed by atoms with van der Waals surface area (Å²) in [6.07, 6.45) is 3.72. The van der Waals surface area contributed by atoms with Crippen LogP contribution in [0.2, 0.25) is 0 Å². The van der Waals surface area contributed by atoms with E-state index < -0.39 is 0 Å². The normalized spacial score (nSPS) is 20.1. The standard InChI is InChI=1S/C17H27NO2/c1-4-9-18-14(3)15-7-8-17(13(2)11-15)20-12-16-6-5-10-19-16/h7-8,11,14,16,18H,4-6,9-10,12H2,1-3H3. The molecule has 3 nitrogen and oxygen atoms in total. The van der Waals surface area contributed by atoms with Crippen molar-refractivity contribution in [1.29, 1.82) is 0 Å². The zero-order valence-corrected chi connectivity index (χ0v) is 12.9. The molecule has 1 aromatic carbocycles. The first kappa shape index (κ1) is 15.3. The zero-order chi connectivity index (χ0) is 14.4. The maximum Gasteiger partial charge on any atom is 0.122 e. The number of aryl methyl sites for hydroxylation is 1. The van der Waals surface area contributed by atoms with E-state index in [1.165, 1.54) is 11.1 Å². The van der Waals surface area contributed by atoms with E-state index in [2.05, 4.69) is 44.3 Å². The molecule has 1 fully saturated rings. The molecule has 0 bridgehead atoms. The third-order valence-electron chi connectivity index (χ3n) is 3.85. The van der Waals surface area contributed by atoms with Crippen LogP contribution < -0.4 is 10.1 Å². The molecule has 2 rings (SSSR count). The van der Waals surface area contributed by atoms with Gasteiger partial charge in [0.25, 0.3) is 0 Å². The van der Waals surface area contributed by atoms with Gasteiger partial charge in [0.15, 0.2) is 0 Å². The van der Waals surface area contributed by atoms with Crippen LogP contribution in [0.5, 0.6) is 5.75 Å². The molecule has 20 heavy (non-hydrogen) atoms. The first-order valence-corrected chi connectivity index (χ1v) is 7.79. The molecule has 1 heterocycles. The van der Waals surface area contributed by atoms with Crippen LogP contribution in [0.1, 0.15) is 50.3 Å². The van der Waals surface area contributed by atoms with E-state index in [1.807, 2.05) is 0 Å². The maximum atomic E-state index is 5.89. The molecular weight excluding hydrogens is 250 g/mol. The summed E-state index contributed by atoms with van der Waals surface area (Å²) in [6, 6.07) is 6.86. The fraction of sp³-hybridized carbons (Fsp3) is 0.647. The minimum Gasteiger partial charge on any atom is -0.491 e. The van der Waals surface area contributed by atoms with Crippen LogP contribution in [0.15, 0.2) is 18.2 Å². The van der Waals surface area contributed by atoms with Crippen molar-refractivity contribution in [2.75, 3.05) is 19.8 Å². The molecule has 1 aromatic rings. The summed E-state index contributed by atoms with van der Waals surface area (Å²) in [4.78, 5) is 0. The largest absolute Gasteiger partial charge is 0.491 e. The summed E-state index contributed by atoms with van der Waals surface area (Å²) in [5, 5.41) is 3.51. The van der Waals surface area contributed by atoms with E-state index in [0.29, 0.717) is 12.6 Å². The number of hydrogen-bond acceptors (Lipinski definition) is 3. The molecule has 0 spiro atoms. The quantitative estimate of drug-likeness (QED) is 0.826. The highest BCUT2D eigenvalue weighted by atomic mass is 16.5. The van der Waals surface area contributed by atoms with Crippen molar-refractivity contribution in [2.24, 2.45) is 0 Å². The molecule has 1 aliphatic rings. The van der Waals surface area contributed by atoms with Crippen molar-refractivity contribution in [1.82, 2.24) is 5.32 Å². The van der Waals surface area contributed by atoms with Crippen molar-refractivity contribution in [3.8, 4) is 5.75 Å². The minimum absolute atomic E-state index is 0.277. The van der Waals surface area contributed by atoms with Crippen molar-refractivity contribution in [3.63, 3.8) is 0 Å². The highest BCUT2D eigenvalue weighted by Crippen LogP contribution is 2.24. The van der Waals surface area contributed by atoms with Crippen molar-refractivity contribution < 1.29 is 9.47 Å². The van der Waals surface area contributed by atoms with Crippen LogP contribution in [-0.4, -0.2) is 25.9 Å². The Kier molecular flexibility index (Phi) is 5.86. The third-order valence-corrected chi connectivity index (χ3v) is 3.85. The molecule has 1 aliphatic heterocycles. The Labute approximate surface area is 122 Å². The monoisotopic (exact) mass is 277 g/mol. The summed E-state index contributed by atoms with van der Waals surface area (Å²) in [7, 11) is 0. The molecule has 1 saturated heterocycles. The van der Waals surface area contributed by atoms with E-state index in [9.17, 15) is 0 Å². The van der Waals surface area contributed by atoms with E-state index in [4.69, 9.17) is 9.47 Å². The van der Waals surface area contributed by atoms with Crippen LogP contribution in [0.25, 0.3) is 0 Å². The van der Waals surface area contributed by atoms with Gasteiger partial charge in [0, 0.05) is 12.6 Å². The molecule has 2 atom stereocenters. The molecule has 0 aromatic heterocycles. The minimum atomic E-state index is 0.277. The average molecular weight is 277 g/mol. The predicted octanol–water partition coefficient (Wildman–Crippen LogP) is 3.61. The van der Waals surface area contributed by atoms with E-state index in [-0.39, 0.29) is 6.10 Å². The fourth-order valence-electron chi connectivity index (χ4n) is 2.54. The van der Waals surface area contributed by atoms with Crippen molar-refractivity contribution in [3.05, 3.63) is 29.3 Å². The Bertz CT molecular complexity index is 413. The van der Waals surface area contributed by atoms with Gasteiger partial charge in [-0.15, -0.1) is 0 Å². The summed E-state index contributed by atoms with van der Waals surface area (Å²) in [5.74, 6) is 0.979. The lowest BCUT2D eigenvalue weighted by Gasteiger charge is -2.17. The molecule has 0 radical (unpaired) electrons. The molecule has 3 heteroatoms. The number of benzene rings is 1. The van der Waals surface area contributed by atoms with E-state index in [1.54, 1.807) is 0 Å². The summed E-state index contributed by atoms with van der Waals surface area (Å²) in [6.45, 7) is 9.11. The lowest BCUT2D eigenvalue weighted by Crippen LogP contribution is -2.19. The highest BCUT2D eigenvalue weighted by Gasteiger charge is 2.16. The second-order valence-electron chi connectivity index (χ2n) is 5.65. The molecule has 2 unspecified atom stereocenters. The van der Waals surface area contributed by atoms with E-state index in [0.717, 1.165) is 38.2 Å². The van der Waals surface area contributed by atoms with Crippen molar-refractivity contribution >= 4 is 0 Å². The van der Waals surface area contributed by atoms with Gasteiger partial charge in [0.1, 0.15) is 12.4 Å². The van der Waals surface area contributed by atoms with Gasteiger partial charge >= 0.3 is 0 Å².